The van der Waals surface area contributed by atoms with Gasteiger partial charge in [-0.1, -0.05) is 13.8 Å². The topological polar surface area (TPSA) is 79.0 Å². The number of ether oxygens (including phenoxy) is 1. The first-order valence-corrected chi connectivity index (χ1v) is 9.53. The highest BCUT2D eigenvalue weighted by Gasteiger charge is 2.45. The molecule has 1 aliphatic rings. The van der Waals surface area contributed by atoms with Crippen molar-refractivity contribution < 1.29 is 19.1 Å². The molecule has 1 N–H and O–H groups in total. The summed E-state index contributed by atoms with van der Waals surface area (Å²) < 4.78 is 5.25. The van der Waals surface area contributed by atoms with Crippen LogP contribution in [0.3, 0.4) is 0 Å². The second-order valence-electron chi connectivity index (χ2n) is 8.18. The first-order chi connectivity index (χ1) is 13.1. The smallest absolute Gasteiger partial charge is 0.251 e. The predicted octanol–water partition coefficient (Wildman–Crippen LogP) is 1.71. The van der Waals surface area contributed by atoms with E-state index in [1.54, 1.807) is 26.1 Å². The fourth-order valence-electron chi connectivity index (χ4n) is 3.18. The Balaban J connectivity index is 2.17. The van der Waals surface area contributed by atoms with E-state index in [1.807, 2.05) is 45.0 Å². The third-order valence-corrected chi connectivity index (χ3v) is 5.24. The summed E-state index contributed by atoms with van der Waals surface area (Å²) in [5.74, 6) is -0.524. The van der Waals surface area contributed by atoms with E-state index in [2.05, 4.69) is 5.32 Å². The van der Waals surface area contributed by atoms with Gasteiger partial charge >= 0.3 is 0 Å². The fraction of sp³-hybridized carbons (Fsp3) is 0.571. The van der Waals surface area contributed by atoms with E-state index in [1.165, 1.54) is 4.90 Å². The number of hydrogen-bond donors (Lipinski definition) is 1. The number of nitrogens with zero attached hydrogens (tertiary/aromatic N) is 2. The fourth-order valence-corrected chi connectivity index (χ4v) is 3.18. The van der Waals surface area contributed by atoms with Gasteiger partial charge < -0.3 is 19.9 Å². The number of hydrogen-bond acceptors (Lipinski definition) is 5. The average Bonchev–Trinajstić information content (AvgIpc) is 2.99. The Bertz CT molecular complexity index is 730. The molecule has 0 bridgehead atoms. The predicted molar refractivity (Wildman–Crippen MR) is 108 cm³/mol. The van der Waals surface area contributed by atoms with Crippen molar-refractivity contribution >= 4 is 23.3 Å². The van der Waals surface area contributed by atoms with Crippen LogP contribution in [0.15, 0.2) is 24.3 Å². The largest absolute Gasteiger partial charge is 0.378 e. The molecule has 0 aliphatic carbocycles. The maximum absolute atomic E-state index is 13.1. The van der Waals surface area contributed by atoms with Crippen LogP contribution in [-0.2, 0) is 14.3 Å². The Kier molecular flexibility index (Phi) is 6.82. The van der Waals surface area contributed by atoms with E-state index in [0.29, 0.717) is 12.0 Å². The van der Waals surface area contributed by atoms with Crippen molar-refractivity contribution in [2.45, 2.75) is 38.8 Å². The van der Waals surface area contributed by atoms with Crippen LogP contribution >= 0.6 is 0 Å². The van der Waals surface area contributed by atoms with Crippen LogP contribution in [0, 0.1) is 5.92 Å². The van der Waals surface area contributed by atoms with E-state index < -0.39 is 11.6 Å². The molecule has 154 valence electrons. The van der Waals surface area contributed by atoms with Gasteiger partial charge in [0.2, 0.25) is 5.91 Å². The van der Waals surface area contributed by atoms with Crippen molar-refractivity contribution in [3.63, 3.8) is 0 Å². The molecule has 1 heterocycles. The van der Waals surface area contributed by atoms with Crippen molar-refractivity contribution in [2.24, 2.45) is 5.92 Å². The number of amides is 2. The zero-order valence-electron chi connectivity index (χ0n) is 17.6. The van der Waals surface area contributed by atoms with Crippen LogP contribution in [0.2, 0.25) is 0 Å². The van der Waals surface area contributed by atoms with Gasteiger partial charge in [0.15, 0.2) is 5.78 Å². The number of likely N-dealkylation sites (N-methyl/N-ethyl adjacent to an activating group) is 1. The molecule has 7 nitrogen and oxygen atoms in total. The Morgan fingerprint density at radius 1 is 1.18 bits per heavy atom. The first-order valence-electron chi connectivity index (χ1n) is 9.53. The maximum atomic E-state index is 13.1. The number of carbonyl (C=O) groups excluding carboxylic acids is 3. The number of carbonyl (C=O) groups is 3. The Labute approximate surface area is 167 Å². The van der Waals surface area contributed by atoms with Crippen molar-refractivity contribution in [1.29, 1.82) is 0 Å². The summed E-state index contributed by atoms with van der Waals surface area (Å²) in [5.41, 5.74) is 0.477. The van der Waals surface area contributed by atoms with Gasteiger partial charge in [-0.3, -0.25) is 14.4 Å². The van der Waals surface area contributed by atoms with E-state index in [4.69, 9.17) is 4.74 Å². The van der Waals surface area contributed by atoms with Gasteiger partial charge in [-0.25, -0.2) is 0 Å². The van der Waals surface area contributed by atoms with Crippen LogP contribution < -0.4 is 10.2 Å². The Morgan fingerprint density at radius 3 is 2.25 bits per heavy atom. The molecule has 2 unspecified atom stereocenters. The number of rotatable bonds is 7. The minimum absolute atomic E-state index is 0.00749. The molecule has 28 heavy (non-hydrogen) atoms. The van der Waals surface area contributed by atoms with Crippen molar-refractivity contribution in [2.75, 3.05) is 39.3 Å². The zero-order valence-corrected chi connectivity index (χ0v) is 17.6. The summed E-state index contributed by atoms with van der Waals surface area (Å²) >= 11 is 0. The highest BCUT2D eigenvalue weighted by Crippen LogP contribution is 2.23. The molecule has 7 heteroatoms. The highest BCUT2D eigenvalue weighted by atomic mass is 16.5. The number of ketones is 1. The molecule has 0 saturated carbocycles. The van der Waals surface area contributed by atoms with E-state index in [9.17, 15) is 14.4 Å². The standard InChI is InChI=1S/C21H31N3O4/c1-14(2)11-17(20(27)24(6)21(3)13-28-12-18(21)25)22-19(26)15-7-9-16(10-8-15)23(4)5/h7-10,14,17H,11-13H2,1-6H3,(H,22,26). The van der Waals surface area contributed by atoms with Crippen LogP contribution in [0.5, 0.6) is 0 Å². The second-order valence-corrected chi connectivity index (χ2v) is 8.18. The molecule has 0 spiro atoms. The minimum Gasteiger partial charge on any atom is -0.378 e. The normalized spacial score (nSPS) is 20.2. The molecule has 1 aromatic carbocycles. The summed E-state index contributed by atoms with van der Waals surface area (Å²) in [5, 5.41) is 2.85. The molecule has 0 radical (unpaired) electrons. The number of benzene rings is 1. The number of nitrogens with one attached hydrogen (secondary N) is 1. The molecular formula is C21H31N3O4. The molecule has 1 aromatic rings. The van der Waals surface area contributed by atoms with Gasteiger partial charge in [-0.2, -0.15) is 0 Å². The maximum Gasteiger partial charge on any atom is 0.251 e. The quantitative estimate of drug-likeness (QED) is 0.768. The second kappa shape index (κ2) is 8.73. The van der Waals surface area contributed by atoms with Gasteiger partial charge in [0.05, 0.1) is 6.61 Å². The lowest BCUT2D eigenvalue weighted by Gasteiger charge is -2.35. The van der Waals surface area contributed by atoms with Crippen LogP contribution in [0.4, 0.5) is 5.69 Å². The SMILES string of the molecule is CC(C)CC(NC(=O)c1ccc(N(C)C)cc1)C(=O)N(C)C1(C)COCC1=O. The van der Waals surface area contributed by atoms with Crippen molar-refractivity contribution in [1.82, 2.24) is 10.2 Å². The van der Waals surface area contributed by atoms with Gasteiger partial charge in [0.1, 0.15) is 18.2 Å². The molecular weight excluding hydrogens is 358 g/mol. The van der Waals surface area contributed by atoms with E-state index in [0.717, 1.165) is 5.69 Å². The van der Waals surface area contributed by atoms with Gasteiger partial charge in [0, 0.05) is 32.4 Å². The summed E-state index contributed by atoms with van der Waals surface area (Å²) in [6, 6.07) is 6.48. The Hall–Kier alpha value is -2.41. The molecule has 2 rings (SSSR count). The van der Waals surface area contributed by atoms with Crippen molar-refractivity contribution in [3.05, 3.63) is 29.8 Å². The van der Waals surface area contributed by atoms with Crippen LogP contribution in [0.1, 0.15) is 37.6 Å². The molecule has 1 saturated heterocycles. The summed E-state index contributed by atoms with van der Waals surface area (Å²) in [4.78, 5) is 41.4. The first kappa shape index (κ1) is 21.9. The lowest BCUT2D eigenvalue weighted by atomic mass is 9.95. The molecule has 2 amide bonds. The lowest BCUT2D eigenvalue weighted by molar-refractivity contribution is -0.143. The number of anilines is 1. The lowest BCUT2D eigenvalue weighted by Crippen LogP contribution is -2.58. The third-order valence-electron chi connectivity index (χ3n) is 5.24. The highest BCUT2D eigenvalue weighted by molar-refractivity contribution is 6.00. The average molecular weight is 389 g/mol. The van der Waals surface area contributed by atoms with E-state index in [-0.39, 0.29) is 36.7 Å². The van der Waals surface area contributed by atoms with Crippen LogP contribution in [-0.4, -0.2) is 68.4 Å². The molecule has 2 atom stereocenters. The molecule has 1 fully saturated rings. The summed E-state index contributed by atoms with van der Waals surface area (Å²) in [6.07, 6.45) is 0.482. The number of Topliss-reactive ketones (excluding diaryl/α,β-unsaturated/α-hetero) is 1. The van der Waals surface area contributed by atoms with Crippen LogP contribution in [0.25, 0.3) is 0 Å². The molecule has 1 aliphatic heterocycles. The third kappa shape index (κ3) is 4.70. The Morgan fingerprint density at radius 2 is 1.79 bits per heavy atom. The van der Waals surface area contributed by atoms with Crippen molar-refractivity contribution in [3.8, 4) is 0 Å². The monoisotopic (exact) mass is 389 g/mol. The minimum atomic E-state index is -0.996. The van der Waals surface area contributed by atoms with Gasteiger partial charge in [-0.15, -0.1) is 0 Å². The zero-order chi connectivity index (χ0) is 21.1. The van der Waals surface area contributed by atoms with Gasteiger partial charge in [0.25, 0.3) is 5.91 Å². The molecule has 0 aromatic heterocycles. The summed E-state index contributed by atoms with van der Waals surface area (Å²) in [7, 11) is 5.45. The summed E-state index contributed by atoms with van der Waals surface area (Å²) in [6.45, 7) is 5.86. The van der Waals surface area contributed by atoms with Gasteiger partial charge in [-0.05, 0) is 43.5 Å². The van der Waals surface area contributed by atoms with E-state index >= 15 is 0 Å².